The third-order valence-corrected chi connectivity index (χ3v) is 3.66. The standard InChI is InChI=1S/C13H13N3O/c14-8-9-3-1-4-10-12(9)15-11(17)7-13(16-10)5-2-6-13/h1,3-4,16H,2,5-7H2,(H,15,17). The fourth-order valence-electron chi connectivity index (χ4n) is 2.61. The minimum atomic E-state index is -0.0799. The van der Waals surface area contributed by atoms with Crippen LogP contribution in [0.2, 0.25) is 0 Å². The maximum atomic E-state index is 11.9. The van der Waals surface area contributed by atoms with Crippen LogP contribution in [0.1, 0.15) is 31.2 Å². The van der Waals surface area contributed by atoms with Crippen LogP contribution in [0, 0.1) is 11.3 Å². The highest BCUT2D eigenvalue weighted by Gasteiger charge is 2.41. The van der Waals surface area contributed by atoms with Crippen LogP contribution in [-0.4, -0.2) is 11.4 Å². The summed E-state index contributed by atoms with van der Waals surface area (Å²) in [5.74, 6) is -0.00125. The van der Waals surface area contributed by atoms with E-state index in [0.717, 1.165) is 24.9 Å². The molecular weight excluding hydrogens is 214 g/mol. The molecule has 0 atom stereocenters. The number of nitrogens with one attached hydrogen (secondary N) is 2. The lowest BCUT2D eigenvalue weighted by Crippen LogP contribution is -2.46. The Balaban J connectivity index is 2.08. The van der Waals surface area contributed by atoms with Gasteiger partial charge in [-0.1, -0.05) is 6.07 Å². The summed E-state index contributed by atoms with van der Waals surface area (Å²) < 4.78 is 0. The second kappa shape index (κ2) is 3.49. The van der Waals surface area contributed by atoms with Gasteiger partial charge in [0.25, 0.3) is 0 Å². The number of carbonyl (C=O) groups is 1. The molecule has 4 heteroatoms. The van der Waals surface area contributed by atoms with Gasteiger partial charge in [0.15, 0.2) is 0 Å². The van der Waals surface area contributed by atoms with Crippen molar-refractivity contribution in [3.8, 4) is 6.07 Å². The van der Waals surface area contributed by atoms with Crippen LogP contribution >= 0.6 is 0 Å². The Hall–Kier alpha value is -2.02. The van der Waals surface area contributed by atoms with Crippen molar-refractivity contribution in [3.63, 3.8) is 0 Å². The number of benzene rings is 1. The van der Waals surface area contributed by atoms with Gasteiger partial charge in [0.05, 0.1) is 16.9 Å². The highest BCUT2D eigenvalue weighted by molar-refractivity contribution is 5.98. The van der Waals surface area contributed by atoms with E-state index in [-0.39, 0.29) is 11.4 Å². The summed E-state index contributed by atoms with van der Waals surface area (Å²) >= 11 is 0. The van der Waals surface area contributed by atoms with Crippen molar-refractivity contribution in [2.24, 2.45) is 0 Å². The number of para-hydroxylation sites is 1. The number of nitriles is 1. The summed E-state index contributed by atoms with van der Waals surface area (Å²) in [6, 6.07) is 7.59. The van der Waals surface area contributed by atoms with Crippen molar-refractivity contribution < 1.29 is 4.79 Å². The SMILES string of the molecule is N#Cc1cccc2c1NC(=O)CC1(CCC1)N2. The fourth-order valence-corrected chi connectivity index (χ4v) is 2.61. The zero-order valence-electron chi connectivity index (χ0n) is 9.42. The van der Waals surface area contributed by atoms with E-state index in [1.54, 1.807) is 6.07 Å². The van der Waals surface area contributed by atoms with Gasteiger partial charge in [-0.05, 0) is 31.4 Å². The Morgan fingerprint density at radius 1 is 1.35 bits per heavy atom. The van der Waals surface area contributed by atoms with E-state index >= 15 is 0 Å². The topological polar surface area (TPSA) is 64.9 Å². The molecule has 2 aliphatic rings. The molecule has 1 saturated carbocycles. The van der Waals surface area contributed by atoms with Crippen LogP contribution in [0.4, 0.5) is 11.4 Å². The zero-order valence-corrected chi connectivity index (χ0v) is 9.42. The largest absolute Gasteiger partial charge is 0.377 e. The number of rotatable bonds is 0. The molecule has 1 aromatic rings. The first-order chi connectivity index (χ1) is 8.22. The number of hydrogen-bond donors (Lipinski definition) is 2. The molecule has 4 nitrogen and oxygen atoms in total. The number of anilines is 2. The second-order valence-corrected chi connectivity index (χ2v) is 4.82. The Kier molecular flexibility index (Phi) is 2.08. The summed E-state index contributed by atoms with van der Waals surface area (Å²) in [6.45, 7) is 0. The second-order valence-electron chi connectivity index (χ2n) is 4.82. The van der Waals surface area contributed by atoms with Crippen molar-refractivity contribution in [3.05, 3.63) is 23.8 Å². The maximum Gasteiger partial charge on any atom is 0.226 e. The molecule has 1 fully saturated rings. The normalized spacial score (nSPS) is 20.3. The lowest BCUT2D eigenvalue weighted by atomic mass is 9.74. The van der Waals surface area contributed by atoms with Crippen LogP contribution < -0.4 is 10.6 Å². The predicted octanol–water partition coefficient (Wildman–Crippen LogP) is 2.24. The van der Waals surface area contributed by atoms with Gasteiger partial charge in [0.2, 0.25) is 5.91 Å². The van der Waals surface area contributed by atoms with Crippen molar-refractivity contribution in [2.45, 2.75) is 31.2 Å². The third-order valence-electron chi connectivity index (χ3n) is 3.66. The number of hydrogen-bond acceptors (Lipinski definition) is 3. The molecule has 3 rings (SSSR count). The summed E-state index contributed by atoms with van der Waals surface area (Å²) in [5.41, 5.74) is 1.93. The van der Waals surface area contributed by atoms with E-state index < -0.39 is 0 Å². The fraction of sp³-hybridized carbons (Fsp3) is 0.385. The van der Waals surface area contributed by atoms with E-state index in [1.165, 1.54) is 0 Å². The van der Waals surface area contributed by atoms with E-state index in [1.807, 2.05) is 12.1 Å². The summed E-state index contributed by atoms with van der Waals surface area (Å²) in [7, 11) is 0. The van der Waals surface area contributed by atoms with Gasteiger partial charge in [-0.25, -0.2) is 0 Å². The minimum Gasteiger partial charge on any atom is -0.377 e. The van der Waals surface area contributed by atoms with Gasteiger partial charge in [0.1, 0.15) is 6.07 Å². The molecule has 1 aromatic carbocycles. The van der Waals surface area contributed by atoms with Crippen molar-refractivity contribution in [1.82, 2.24) is 0 Å². The highest BCUT2D eigenvalue weighted by atomic mass is 16.1. The van der Waals surface area contributed by atoms with Crippen LogP contribution in [0.3, 0.4) is 0 Å². The summed E-state index contributed by atoms with van der Waals surface area (Å²) in [6.07, 6.45) is 3.70. The molecule has 0 saturated heterocycles. The number of amides is 1. The lowest BCUT2D eigenvalue weighted by molar-refractivity contribution is -0.117. The van der Waals surface area contributed by atoms with Gasteiger partial charge in [0, 0.05) is 12.0 Å². The van der Waals surface area contributed by atoms with Crippen LogP contribution in [0.5, 0.6) is 0 Å². The summed E-state index contributed by atoms with van der Waals surface area (Å²) in [5, 5.41) is 15.3. The van der Waals surface area contributed by atoms with E-state index in [4.69, 9.17) is 5.26 Å². The third kappa shape index (κ3) is 1.55. The lowest BCUT2D eigenvalue weighted by Gasteiger charge is -2.41. The average Bonchev–Trinajstić information content (AvgIpc) is 2.43. The quantitative estimate of drug-likeness (QED) is 0.714. The molecule has 1 aliphatic heterocycles. The van der Waals surface area contributed by atoms with Crippen molar-refractivity contribution >= 4 is 17.3 Å². The first-order valence-corrected chi connectivity index (χ1v) is 5.84. The molecule has 2 N–H and O–H groups in total. The molecule has 1 amide bonds. The number of fused-ring (bicyclic) bond motifs is 1. The van der Waals surface area contributed by atoms with Crippen molar-refractivity contribution in [1.29, 1.82) is 5.26 Å². The van der Waals surface area contributed by atoms with E-state index in [2.05, 4.69) is 16.7 Å². The van der Waals surface area contributed by atoms with Gasteiger partial charge in [-0.2, -0.15) is 5.26 Å². The summed E-state index contributed by atoms with van der Waals surface area (Å²) in [4.78, 5) is 11.9. The van der Waals surface area contributed by atoms with Crippen LogP contribution in [0.15, 0.2) is 18.2 Å². The van der Waals surface area contributed by atoms with Crippen molar-refractivity contribution in [2.75, 3.05) is 10.6 Å². The molecule has 0 unspecified atom stereocenters. The first kappa shape index (κ1) is 10.2. The smallest absolute Gasteiger partial charge is 0.226 e. The van der Waals surface area contributed by atoms with Gasteiger partial charge in [-0.15, -0.1) is 0 Å². The van der Waals surface area contributed by atoms with Crippen LogP contribution in [0.25, 0.3) is 0 Å². The highest BCUT2D eigenvalue weighted by Crippen LogP contribution is 2.42. The Bertz CT molecular complexity index is 526. The molecular formula is C13H13N3O. The molecule has 1 heterocycles. The molecule has 0 bridgehead atoms. The Labute approximate surface area is 99.6 Å². The number of nitrogens with zero attached hydrogens (tertiary/aromatic N) is 1. The maximum absolute atomic E-state index is 11.9. The molecule has 0 aromatic heterocycles. The van der Waals surface area contributed by atoms with Gasteiger partial charge >= 0.3 is 0 Å². The van der Waals surface area contributed by atoms with E-state index in [0.29, 0.717) is 17.7 Å². The minimum absolute atomic E-state index is 0.00125. The molecule has 1 aliphatic carbocycles. The molecule has 1 spiro atoms. The zero-order chi connectivity index (χ0) is 11.9. The Morgan fingerprint density at radius 2 is 2.18 bits per heavy atom. The number of carbonyl (C=O) groups excluding carboxylic acids is 1. The van der Waals surface area contributed by atoms with E-state index in [9.17, 15) is 4.79 Å². The monoisotopic (exact) mass is 227 g/mol. The molecule has 0 radical (unpaired) electrons. The van der Waals surface area contributed by atoms with Gasteiger partial charge < -0.3 is 10.6 Å². The molecule has 17 heavy (non-hydrogen) atoms. The first-order valence-electron chi connectivity index (χ1n) is 5.84. The molecule has 86 valence electrons. The average molecular weight is 227 g/mol. The Morgan fingerprint density at radius 3 is 2.82 bits per heavy atom. The van der Waals surface area contributed by atoms with Gasteiger partial charge in [-0.3, -0.25) is 4.79 Å². The van der Waals surface area contributed by atoms with Crippen LogP contribution in [-0.2, 0) is 4.79 Å². The predicted molar refractivity (Wildman–Crippen MR) is 64.6 cm³/mol.